The summed E-state index contributed by atoms with van der Waals surface area (Å²) in [5, 5.41) is 10.8. The van der Waals surface area contributed by atoms with Crippen LogP contribution in [0, 0.1) is 51.2 Å². The number of rotatable bonds is 4. The van der Waals surface area contributed by atoms with Crippen molar-refractivity contribution in [1.29, 1.82) is 0 Å². The van der Waals surface area contributed by atoms with Crippen molar-refractivity contribution < 1.29 is 30.3 Å². The molecular weight excluding hydrogens is 554 g/mol. The Kier molecular flexibility index (Phi) is 7.60. The molecule has 7 unspecified atom stereocenters. The highest BCUT2D eigenvalue weighted by molar-refractivity contribution is 5.68. The standard InChI is InChI=1S/C37H61NO6.H2/c1-22(2)31(39)26-11-9-24-27(42-26)19-25-23-10-12-28-34(6,7)29(13-14-37(28)21-36(23,37)16-15-35(24,25)8)43-30-20-38(17-18-41-30)32(40)44-33(3,4)5;/h22-31,39H,9-21H2,1-8H3;1H/t23?,24?,25?,26?,27?,28?,29-,30?,31+,35+,36-,37+;/m0./s1. The Morgan fingerprint density at radius 3 is 2.45 bits per heavy atom. The Hall–Kier alpha value is -0.890. The van der Waals surface area contributed by atoms with E-state index in [2.05, 4.69) is 34.6 Å². The number of ether oxygens (including phenoxy) is 4. The molecule has 7 heteroatoms. The number of amides is 1. The lowest BCUT2D eigenvalue weighted by atomic mass is 9.46. The highest BCUT2D eigenvalue weighted by Gasteiger charge is 2.80. The zero-order valence-corrected chi connectivity index (χ0v) is 28.9. The molecule has 2 heterocycles. The average Bonchev–Trinajstić information content (AvgIpc) is 3.53. The number of aliphatic hydroxyl groups is 1. The highest BCUT2D eigenvalue weighted by Crippen LogP contribution is 2.87. The summed E-state index contributed by atoms with van der Waals surface area (Å²) in [6.07, 6.45) is 12.0. The normalized spacial score (nSPS) is 48.4. The Bertz CT molecular complexity index is 1120. The van der Waals surface area contributed by atoms with Crippen LogP contribution in [0.1, 0.15) is 121 Å². The molecule has 5 saturated carbocycles. The molecule has 0 aromatic heterocycles. The monoisotopic (exact) mass is 617 g/mol. The zero-order chi connectivity index (χ0) is 31.4. The number of hydrogen-bond acceptors (Lipinski definition) is 6. The first kappa shape index (κ1) is 31.7. The Morgan fingerprint density at radius 2 is 1.73 bits per heavy atom. The van der Waals surface area contributed by atoms with Gasteiger partial charge >= 0.3 is 6.09 Å². The second kappa shape index (κ2) is 10.6. The second-order valence-corrected chi connectivity index (χ2v) is 18.4. The number of fused-ring (bicyclic) bond motifs is 4. The van der Waals surface area contributed by atoms with Crippen LogP contribution in [-0.2, 0) is 18.9 Å². The maximum absolute atomic E-state index is 12.8. The van der Waals surface area contributed by atoms with Gasteiger partial charge in [-0.2, -0.15) is 0 Å². The van der Waals surface area contributed by atoms with Crippen LogP contribution in [0.2, 0.25) is 0 Å². The van der Waals surface area contributed by atoms with Crippen molar-refractivity contribution >= 4 is 6.09 Å². The smallest absolute Gasteiger partial charge is 0.410 e. The van der Waals surface area contributed by atoms with Crippen LogP contribution in [0.15, 0.2) is 0 Å². The van der Waals surface area contributed by atoms with Gasteiger partial charge < -0.3 is 29.0 Å². The van der Waals surface area contributed by atoms with Crippen molar-refractivity contribution in [1.82, 2.24) is 4.90 Å². The van der Waals surface area contributed by atoms with Gasteiger partial charge in [0.25, 0.3) is 0 Å². The van der Waals surface area contributed by atoms with Gasteiger partial charge in [0.1, 0.15) is 5.60 Å². The molecule has 7 rings (SSSR count). The Morgan fingerprint density at radius 1 is 0.977 bits per heavy atom. The minimum Gasteiger partial charge on any atom is -0.444 e. The molecule has 0 radical (unpaired) electrons. The van der Waals surface area contributed by atoms with E-state index < -0.39 is 11.9 Å². The fourth-order valence-corrected chi connectivity index (χ4v) is 12.6. The summed E-state index contributed by atoms with van der Waals surface area (Å²) in [5.74, 6) is 3.15. The summed E-state index contributed by atoms with van der Waals surface area (Å²) in [6.45, 7) is 19.0. The fourth-order valence-electron chi connectivity index (χ4n) is 12.6. The maximum atomic E-state index is 12.8. The maximum Gasteiger partial charge on any atom is 0.410 e. The summed E-state index contributed by atoms with van der Waals surface area (Å²) < 4.78 is 25.3. The van der Waals surface area contributed by atoms with Gasteiger partial charge in [-0.15, -0.1) is 0 Å². The van der Waals surface area contributed by atoms with Gasteiger partial charge in [-0.05, 0) is 136 Å². The summed E-state index contributed by atoms with van der Waals surface area (Å²) in [7, 11) is 0. The van der Waals surface area contributed by atoms with Gasteiger partial charge in [0.05, 0.1) is 37.6 Å². The number of carbonyl (C=O) groups excluding carboxylic acids is 1. The van der Waals surface area contributed by atoms with Crippen molar-refractivity contribution in [2.75, 3.05) is 19.7 Å². The van der Waals surface area contributed by atoms with Crippen LogP contribution in [0.25, 0.3) is 0 Å². The topological polar surface area (TPSA) is 77.5 Å². The predicted octanol–water partition coefficient (Wildman–Crippen LogP) is 7.43. The first-order chi connectivity index (χ1) is 20.6. The molecule has 0 bridgehead atoms. The van der Waals surface area contributed by atoms with Gasteiger partial charge in [-0.3, -0.25) is 0 Å². The van der Waals surface area contributed by atoms with Crippen LogP contribution in [0.3, 0.4) is 0 Å². The lowest BCUT2D eigenvalue weighted by Crippen LogP contribution is -2.56. The quantitative estimate of drug-likeness (QED) is 0.354. The summed E-state index contributed by atoms with van der Waals surface area (Å²) in [5.41, 5.74) is 0.906. The van der Waals surface area contributed by atoms with E-state index in [9.17, 15) is 9.90 Å². The molecule has 2 saturated heterocycles. The van der Waals surface area contributed by atoms with Crippen molar-refractivity contribution in [3.63, 3.8) is 0 Å². The largest absolute Gasteiger partial charge is 0.444 e. The van der Waals surface area contributed by atoms with Crippen LogP contribution in [0.5, 0.6) is 0 Å². The van der Waals surface area contributed by atoms with Gasteiger partial charge in [-0.25, -0.2) is 4.79 Å². The molecule has 252 valence electrons. The van der Waals surface area contributed by atoms with Crippen molar-refractivity contribution in [3.05, 3.63) is 0 Å². The molecule has 7 aliphatic rings. The van der Waals surface area contributed by atoms with Gasteiger partial charge in [0.2, 0.25) is 0 Å². The third-order valence-corrected chi connectivity index (χ3v) is 14.6. The van der Waals surface area contributed by atoms with Crippen LogP contribution in [-0.4, -0.2) is 72.1 Å². The van der Waals surface area contributed by atoms with Crippen LogP contribution in [0.4, 0.5) is 4.79 Å². The highest BCUT2D eigenvalue weighted by atomic mass is 16.7. The fraction of sp³-hybridized carbons (Fsp3) is 0.973. The molecule has 2 spiro atoms. The van der Waals surface area contributed by atoms with E-state index in [1.807, 2.05) is 20.8 Å². The van der Waals surface area contributed by atoms with Gasteiger partial charge in [0.15, 0.2) is 6.29 Å². The van der Waals surface area contributed by atoms with E-state index in [1.165, 1.54) is 51.4 Å². The predicted molar refractivity (Wildman–Crippen MR) is 171 cm³/mol. The molecule has 44 heavy (non-hydrogen) atoms. The number of aliphatic hydroxyl groups excluding tert-OH is 1. The van der Waals surface area contributed by atoms with E-state index in [0.717, 1.165) is 24.7 Å². The summed E-state index contributed by atoms with van der Waals surface area (Å²) in [6, 6.07) is 0. The lowest BCUT2D eigenvalue weighted by molar-refractivity contribution is -0.243. The first-order valence-electron chi connectivity index (χ1n) is 18.2. The van der Waals surface area contributed by atoms with Crippen LogP contribution >= 0.6 is 0 Å². The van der Waals surface area contributed by atoms with Crippen molar-refractivity contribution in [2.24, 2.45) is 51.2 Å². The van der Waals surface area contributed by atoms with Crippen LogP contribution < -0.4 is 0 Å². The molecule has 1 amide bonds. The molecule has 0 aromatic rings. The third kappa shape index (κ3) is 4.74. The van der Waals surface area contributed by atoms with E-state index in [4.69, 9.17) is 18.9 Å². The van der Waals surface area contributed by atoms with Crippen molar-refractivity contribution in [2.45, 2.75) is 156 Å². The van der Waals surface area contributed by atoms with E-state index in [1.54, 1.807) is 4.90 Å². The first-order valence-corrected chi connectivity index (χ1v) is 18.2. The van der Waals surface area contributed by atoms with E-state index in [-0.39, 0.29) is 37.2 Å². The molecule has 0 aromatic carbocycles. The van der Waals surface area contributed by atoms with Crippen molar-refractivity contribution in [3.8, 4) is 0 Å². The molecule has 7 nitrogen and oxygen atoms in total. The number of hydrogen-bond donors (Lipinski definition) is 1. The molecule has 1 N–H and O–H groups in total. The Balaban J connectivity index is 0.00000357. The number of morpholine rings is 1. The summed E-state index contributed by atoms with van der Waals surface area (Å²) in [4.78, 5) is 14.5. The van der Waals surface area contributed by atoms with E-state index in [0.29, 0.717) is 53.9 Å². The summed E-state index contributed by atoms with van der Waals surface area (Å²) >= 11 is 0. The molecule has 7 fully saturated rings. The molecular formula is C37H63NO6. The molecule has 5 aliphatic carbocycles. The lowest BCUT2D eigenvalue weighted by Gasteiger charge is -2.60. The zero-order valence-electron chi connectivity index (χ0n) is 28.9. The van der Waals surface area contributed by atoms with E-state index >= 15 is 0 Å². The third-order valence-electron chi connectivity index (χ3n) is 14.6. The minimum absolute atomic E-state index is 0. The Labute approximate surface area is 267 Å². The second-order valence-electron chi connectivity index (χ2n) is 18.4. The minimum atomic E-state index is -0.511. The number of carbonyl (C=O) groups is 1. The SMILES string of the molecule is CC(C)[C@@H](O)C1CCC2C(CC3C4CCC5C(C)(C)[C@@H](OC6CN(C(=O)OC(C)(C)C)CCO6)CC[C@@]56C[C@@]46CC[C@]23C)O1.[HH]. The van der Waals surface area contributed by atoms with Gasteiger partial charge in [-0.1, -0.05) is 34.6 Å². The average molecular weight is 618 g/mol. The molecule has 2 aliphatic heterocycles. The molecule has 12 atom stereocenters. The van der Waals surface area contributed by atoms with Gasteiger partial charge in [0, 0.05) is 7.97 Å². The number of nitrogens with zero attached hydrogens (tertiary/aromatic N) is 1.